The van der Waals surface area contributed by atoms with E-state index in [2.05, 4.69) is 28.1 Å². The Kier molecular flexibility index (Phi) is 5.34. The van der Waals surface area contributed by atoms with Gasteiger partial charge in [0.2, 0.25) is 0 Å². The van der Waals surface area contributed by atoms with Crippen molar-refractivity contribution in [3.8, 4) is 33.8 Å². The summed E-state index contributed by atoms with van der Waals surface area (Å²) < 4.78 is 2.99. The molecule has 3 aromatic heterocycles. The number of rotatable bonds is 3. The summed E-state index contributed by atoms with van der Waals surface area (Å²) in [6, 6.07) is 9.36. The van der Waals surface area contributed by atoms with Crippen molar-refractivity contribution in [3.05, 3.63) is 70.1 Å². The first-order chi connectivity index (χ1) is 18.7. The number of nitrogens with zero attached hydrogens (tertiary/aromatic N) is 6. The molecule has 7 rings (SSSR count). The van der Waals surface area contributed by atoms with Gasteiger partial charge >= 0.3 is 5.69 Å². The molecule has 2 fully saturated rings. The number of anilines is 2. The molecule has 9 nitrogen and oxygen atoms in total. The highest BCUT2D eigenvalue weighted by Crippen LogP contribution is 2.46. The van der Waals surface area contributed by atoms with Gasteiger partial charge in [-0.15, -0.1) is 0 Å². The predicted octanol–water partition coefficient (Wildman–Crippen LogP) is 4.39. The zero-order valence-electron chi connectivity index (χ0n) is 22.1. The van der Waals surface area contributed by atoms with Crippen LogP contribution in [0.1, 0.15) is 25.5 Å². The van der Waals surface area contributed by atoms with E-state index in [0.717, 1.165) is 54.4 Å². The Morgan fingerprint density at radius 2 is 1.92 bits per heavy atom. The van der Waals surface area contributed by atoms with Gasteiger partial charge in [-0.2, -0.15) is 0 Å². The minimum absolute atomic E-state index is 0.0678. The molecule has 10 heteroatoms. The minimum atomic E-state index is -0.182. The van der Waals surface area contributed by atoms with Crippen LogP contribution >= 0.6 is 11.6 Å². The quantitative estimate of drug-likeness (QED) is 0.396. The van der Waals surface area contributed by atoms with Crippen molar-refractivity contribution >= 4 is 23.1 Å². The van der Waals surface area contributed by atoms with Gasteiger partial charge in [0.25, 0.3) is 0 Å². The van der Waals surface area contributed by atoms with Gasteiger partial charge in [0, 0.05) is 67.6 Å². The summed E-state index contributed by atoms with van der Waals surface area (Å²) in [5.74, 6) is 0.929. The van der Waals surface area contributed by atoms with E-state index in [-0.39, 0.29) is 23.1 Å². The number of halogens is 1. The largest absolute Gasteiger partial charge is 0.505 e. The molecule has 2 unspecified atom stereocenters. The molecular formula is C29H30ClN7O2. The maximum Gasteiger partial charge on any atom is 0.332 e. The molecule has 0 amide bonds. The lowest BCUT2D eigenvalue weighted by Gasteiger charge is -2.54. The molecule has 2 saturated heterocycles. The van der Waals surface area contributed by atoms with Gasteiger partial charge in [0.15, 0.2) is 5.82 Å². The van der Waals surface area contributed by atoms with Crippen LogP contribution in [0.4, 0.5) is 11.5 Å². The molecule has 200 valence electrons. The Morgan fingerprint density at radius 3 is 2.64 bits per heavy atom. The fourth-order valence-corrected chi connectivity index (χ4v) is 6.75. The van der Waals surface area contributed by atoms with E-state index in [1.165, 1.54) is 15.6 Å². The maximum atomic E-state index is 12.4. The summed E-state index contributed by atoms with van der Waals surface area (Å²) in [5, 5.41) is 15.5. The standard InChI is InChI=1S/C29H30ClN7O2/c1-17-12-21(19-4-5-23(22(30)13-19)36-11-10-34(3)28(36)39)26(38)25(32-17)20-14-24-27(31-15-20)33-18(2)37-9-7-29(37)6-8-35(24)16-29/h4-5,10-15,18,38H,6-9,16H2,1-3H3,(H,31,33). The zero-order chi connectivity index (χ0) is 27.1. The van der Waals surface area contributed by atoms with E-state index < -0.39 is 0 Å². The van der Waals surface area contributed by atoms with Crippen LogP contribution in [0.5, 0.6) is 5.75 Å². The summed E-state index contributed by atoms with van der Waals surface area (Å²) in [5.41, 5.74) is 5.05. The van der Waals surface area contributed by atoms with E-state index in [9.17, 15) is 9.90 Å². The summed E-state index contributed by atoms with van der Waals surface area (Å²) in [6.45, 7) is 7.21. The molecule has 3 aliphatic heterocycles. The van der Waals surface area contributed by atoms with Crippen molar-refractivity contribution in [1.29, 1.82) is 0 Å². The molecule has 1 spiro atoms. The van der Waals surface area contributed by atoms with E-state index >= 15 is 0 Å². The van der Waals surface area contributed by atoms with Gasteiger partial charge in [-0.1, -0.05) is 17.7 Å². The number of hydrogen-bond acceptors (Lipinski definition) is 7. The summed E-state index contributed by atoms with van der Waals surface area (Å²) in [7, 11) is 1.69. The van der Waals surface area contributed by atoms with Gasteiger partial charge < -0.3 is 19.9 Å². The zero-order valence-corrected chi connectivity index (χ0v) is 22.9. The average Bonchev–Trinajstić information content (AvgIpc) is 3.50. The number of benzene rings is 1. The number of aromatic hydroxyl groups is 1. The first-order valence-corrected chi connectivity index (χ1v) is 13.7. The molecule has 4 aromatic rings. The highest BCUT2D eigenvalue weighted by molar-refractivity contribution is 6.32. The first-order valence-electron chi connectivity index (χ1n) is 13.3. The minimum Gasteiger partial charge on any atom is -0.505 e. The Labute approximate surface area is 231 Å². The fraction of sp³-hybridized carbons (Fsp3) is 0.345. The molecule has 6 heterocycles. The average molecular weight is 544 g/mol. The number of aryl methyl sites for hydroxylation is 2. The number of hydrogen-bond donors (Lipinski definition) is 2. The van der Waals surface area contributed by atoms with Crippen LogP contribution in [0.3, 0.4) is 0 Å². The lowest BCUT2D eigenvalue weighted by atomic mass is 9.83. The second-order valence-corrected chi connectivity index (χ2v) is 11.4. The Hall–Kier alpha value is -3.82. The number of pyridine rings is 2. The summed E-state index contributed by atoms with van der Waals surface area (Å²) in [4.78, 5) is 26.9. The van der Waals surface area contributed by atoms with Crippen LogP contribution < -0.4 is 15.9 Å². The molecule has 39 heavy (non-hydrogen) atoms. The molecule has 2 bridgehead atoms. The van der Waals surface area contributed by atoms with Crippen LogP contribution in [0.25, 0.3) is 28.1 Å². The molecule has 1 aromatic carbocycles. The normalized spacial score (nSPS) is 21.9. The number of imidazole rings is 1. The smallest absolute Gasteiger partial charge is 0.332 e. The summed E-state index contributed by atoms with van der Waals surface area (Å²) in [6.07, 6.45) is 7.74. The highest BCUT2D eigenvalue weighted by atomic mass is 35.5. The molecule has 3 aliphatic rings. The third-order valence-corrected chi connectivity index (χ3v) is 8.94. The fourth-order valence-electron chi connectivity index (χ4n) is 6.48. The van der Waals surface area contributed by atoms with E-state index in [1.807, 2.05) is 19.1 Å². The van der Waals surface area contributed by atoms with Crippen molar-refractivity contribution in [2.24, 2.45) is 7.05 Å². The summed E-state index contributed by atoms with van der Waals surface area (Å²) >= 11 is 6.63. The number of nitrogens with one attached hydrogen (secondary N) is 1. The van der Waals surface area contributed by atoms with Crippen LogP contribution in [0.15, 0.2) is 53.7 Å². The van der Waals surface area contributed by atoms with Gasteiger partial charge in [0.1, 0.15) is 11.4 Å². The van der Waals surface area contributed by atoms with Crippen LogP contribution in [-0.2, 0) is 7.05 Å². The molecule has 2 atom stereocenters. The van der Waals surface area contributed by atoms with Gasteiger partial charge in [-0.05, 0) is 56.5 Å². The Bertz CT molecular complexity index is 1700. The Morgan fingerprint density at radius 1 is 1.10 bits per heavy atom. The third kappa shape index (κ3) is 3.67. The predicted molar refractivity (Wildman–Crippen MR) is 153 cm³/mol. The topological polar surface area (TPSA) is 91.5 Å². The van der Waals surface area contributed by atoms with Crippen molar-refractivity contribution < 1.29 is 5.11 Å². The lowest BCUT2D eigenvalue weighted by molar-refractivity contribution is -0.0216. The molecule has 0 radical (unpaired) electrons. The van der Waals surface area contributed by atoms with E-state index in [4.69, 9.17) is 21.6 Å². The highest BCUT2D eigenvalue weighted by Gasteiger charge is 2.52. The second-order valence-electron chi connectivity index (χ2n) is 11.0. The van der Waals surface area contributed by atoms with E-state index in [0.29, 0.717) is 22.0 Å². The maximum absolute atomic E-state index is 12.4. The van der Waals surface area contributed by atoms with Crippen molar-refractivity contribution in [2.75, 3.05) is 29.9 Å². The van der Waals surface area contributed by atoms with E-state index in [1.54, 1.807) is 37.8 Å². The van der Waals surface area contributed by atoms with Crippen molar-refractivity contribution in [2.45, 2.75) is 38.4 Å². The number of fused-ring (bicyclic) bond motifs is 3. The molecule has 2 N–H and O–H groups in total. The molecule has 0 saturated carbocycles. The van der Waals surface area contributed by atoms with Crippen LogP contribution in [0.2, 0.25) is 5.02 Å². The monoisotopic (exact) mass is 543 g/mol. The van der Waals surface area contributed by atoms with Crippen molar-refractivity contribution in [1.82, 2.24) is 24.0 Å². The Balaban J connectivity index is 1.29. The van der Waals surface area contributed by atoms with Gasteiger partial charge in [0.05, 0.1) is 22.6 Å². The van der Waals surface area contributed by atoms with Gasteiger partial charge in [-0.25, -0.2) is 14.8 Å². The first kappa shape index (κ1) is 24.2. The molecule has 0 aliphatic carbocycles. The van der Waals surface area contributed by atoms with Gasteiger partial charge in [-0.3, -0.25) is 9.47 Å². The van der Waals surface area contributed by atoms with Crippen LogP contribution in [-0.4, -0.2) is 60.4 Å². The van der Waals surface area contributed by atoms with Crippen LogP contribution in [0, 0.1) is 6.92 Å². The lowest BCUT2D eigenvalue weighted by Crippen LogP contribution is -2.66. The van der Waals surface area contributed by atoms with Crippen molar-refractivity contribution in [3.63, 3.8) is 0 Å². The molecular weight excluding hydrogens is 514 g/mol. The SMILES string of the molecule is Cc1cc(-c2ccc(-n3ccn(C)c3=O)c(Cl)c2)c(O)c(-c2cnc3c(c2)N2CCC4(CCN4C(C)N3)C2)n1. The third-order valence-electron chi connectivity index (χ3n) is 8.64. The number of aromatic nitrogens is 4. The second kappa shape index (κ2) is 8.59.